The molecule has 0 unspecified atom stereocenters. The van der Waals surface area contributed by atoms with E-state index in [9.17, 15) is 13.2 Å². The summed E-state index contributed by atoms with van der Waals surface area (Å²) in [5.74, 6) is 0.0676. The Labute approximate surface area is 106 Å². The van der Waals surface area contributed by atoms with Crippen molar-refractivity contribution in [1.29, 1.82) is 0 Å². The summed E-state index contributed by atoms with van der Waals surface area (Å²) < 4.78 is 27.0. The molecule has 0 saturated carbocycles. The van der Waals surface area contributed by atoms with Crippen molar-refractivity contribution in [3.05, 3.63) is 24.3 Å². The first kappa shape index (κ1) is 12.8. The first-order valence-electron chi connectivity index (χ1n) is 5.72. The maximum atomic E-state index is 11.7. The minimum Gasteiger partial charge on any atom is -0.323 e. The lowest BCUT2D eigenvalue weighted by molar-refractivity contribution is -0.117. The van der Waals surface area contributed by atoms with Crippen LogP contribution in [0.15, 0.2) is 33.6 Å². The molecule has 1 aliphatic rings. The molecule has 0 atom stereocenters. The molecule has 0 N–H and O–H groups in total. The normalized spacial score (nSPS) is 16.4. The first-order chi connectivity index (χ1) is 8.54. The van der Waals surface area contributed by atoms with Gasteiger partial charge in [0.1, 0.15) is 11.2 Å². The Bertz CT molecular complexity index is 593. The third-order valence-electron chi connectivity index (χ3n) is 2.65. The van der Waals surface area contributed by atoms with Crippen LogP contribution in [0.25, 0.3) is 0 Å². The smallest absolute Gasteiger partial charge is 0.285 e. The van der Waals surface area contributed by atoms with Gasteiger partial charge in [0.05, 0.1) is 12.2 Å². The van der Waals surface area contributed by atoms with E-state index in [-0.39, 0.29) is 17.2 Å². The van der Waals surface area contributed by atoms with E-state index < -0.39 is 10.0 Å². The third kappa shape index (κ3) is 2.43. The van der Waals surface area contributed by atoms with Gasteiger partial charge in [0.25, 0.3) is 10.0 Å². The zero-order chi connectivity index (χ0) is 13.2. The number of carbonyl (C=O) groups is 1. The Morgan fingerprint density at radius 1 is 1.33 bits per heavy atom. The van der Waals surface area contributed by atoms with Crippen LogP contribution in [0.5, 0.6) is 0 Å². The lowest BCUT2D eigenvalue weighted by Gasteiger charge is -2.24. The molecule has 0 aliphatic carbocycles. The number of hydrogen-bond donors (Lipinski definition) is 0. The molecule has 2 rings (SSSR count). The van der Waals surface area contributed by atoms with Gasteiger partial charge in [-0.1, -0.05) is 19.1 Å². The lowest BCUT2D eigenvalue weighted by Crippen LogP contribution is -2.32. The van der Waals surface area contributed by atoms with Gasteiger partial charge in [0, 0.05) is 6.42 Å². The fourth-order valence-electron chi connectivity index (χ4n) is 1.82. The van der Waals surface area contributed by atoms with Gasteiger partial charge in [0.15, 0.2) is 5.78 Å². The molecule has 1 aliphatic heterocycles. The summed E-state index contributed by atoms with van der Waals surface area (Å²) in [4.78, 5) is 13.4. The Kier molecular flexibility index (Phi) is 3.47. The highest BCUT2D eigenvalue weighted by Crippen LogP contribution is 2.28. The van der Waals surface area contributed by atoms with E-state index in [1.54, 1.807) is 23.1 Å². The number of hydrogen-bond acceptors (Lipinski definition) is 4. The summed E-state index contributed by atoms with van der Waals surface area (Å²) >= 11 is 0. The molecule has 1 aromatic carbocycles. The summed E-state index contributed by atoms with van der Waals surface area (Å²) in [5.41, 5.74) is 0.511. The predicted octanol–water partition coefficient (Wildman–Crippen LogP) is 1.59. The van der Waals surface area contributed by atoms with E-state index in [1.165, 1.54) is 12.4 Å². The number of fused-ring (bicyclic) bond motifs is 1. The van der Waals surface area contributed by atoms with Gasteiger partial charge in [0.2, 0.25) is 0 Å². The molecule has 0 spiro atoms. The van der Waals surface area contributed by atoms with E-state index >= 15 is 0 Å². The van der Waals surface area contributed by atoms with Crippen LogP contribution in [0.1, 0.15) is 19.8 Å². The fourth-order valence-corrected chi connectivity index (χ4v) is 2.88. The predicted molar refractivity (Wildman–Crippen MR) is 69.4 cm³/mol. The molecular weight excluding hydrogens is 252 g/mol. The number of benzene rings is 1. The molecule has 0 amide bonds. The molecule has 0 aromatic heterocycles. The molecule has 0 bridgehead atoms. The molecular formula is C12H14N2O3S. The van der Waals surface area contributed by atoms with Crippen molar-refractivity contribution in [2.24, 2.45) is 4.40 Å². The van der Waals surface area contributed by atoms with E-state index in [0.717, 1.165) is 6.42 Å². The summed E-state index contributed by atoms with van der Waals surface area (Å²) in [6.07, 6.45) is 2.48. The quantitative estimate of drug-likeness (QED) is 0.830. The van der Waals surface area contributed by atoms with Crippen LogP contribution in [-0.4, -0.2) is 27.1 Å². The highest BCUT2D eigenvalue weighted by atomic mass is 32.2. The number of sulfonamides is 1. The maximum Gasteiger partial charge on any atom is 0.285 e. The number of rotatable bonds is 4. The summed E-state index contributed by atoms with van der Waals surface area (Å²) in [6, 6.07) is 6.56. The Morgan fingerprint density at radius 2 is 2.06 bits per heavy atom. The molecule has 0 radical (unpaired) electrons. The van der Waals surface area contributed by atoms with Crippen molar-refractivity contribution in [2.75, 3.05) is 11.4 Å². The van der Waals surface area contributed by atoms with Gasteiger partial charge in [-0.15, -0.1) is 4.40 Å². The standard InChI is InChI=1S/C12H14N2O3S/c1-2-5-10(15)8-14-9-13-18(16,17)12-7-4-3-6-11(12)14/h3-4,6-7,9H,2,5,8H2,1H3. The van der Waals surface area contributed by atoms with E-state index in [2.05, 4.69) is 4.40 Å². The van der Waals surface area contributed by atoms with Gasteiger partial charge in [-0.25, -0.2) is 0 Å². The molecule has 1 heterocycles. The van der Waals surface area contributed by atoms with Crippen molar-refractivity contribution in [3.8, 4) is 0 Å². The van der Waals surface area contributed by atoms with Crippen LogP contribution in [0.2, 0.25) is 0 Å². The van der Waals surface area contributed by atoms with Crippen LogP contribution >= 0.6 is 0 Å². The summed E-state index contributed by atoms with van der Waals surface area (Å²) in [5, 5.41) is 0. The van der Waals surface area contributed by atoms with E-state index in [1.807, 2.05) is 6.92 Å². The largest absolute Gasteiger partial charge is 0.323 e. The minimum atomic E-state index is -3.61. The van der Waals surface area contributed by atoms with E-state index in [4.69, 9.17) is 0 Å². The molecule has 0 fully saturated rings. The third-order valence-corrected chi connectivity index (χ3v) is 3.93. The molecule has 18 heavy (non-hydrogen) atoms. The van der Waals surface area contributed by atoms with E-state index in [0.29, 0.717) is 12.1 Å². The average molecular weight is 266 g/mol. The second-order valence-corrected chi connectivity index (χ2v) is 5.68. The summed E-state index contributed by atoms with van der Waals surface area (Å²) in [7, 11) is -3.61. The molecule has 6 heteroatoms. The number of anilines is 1. The number of ketones is 1. The van der Waals surface area contributed by atoms with Crippen molar-refractivity contribution < 1.29 is 13.2 Å². The Balaban J connectivity index is 2.33. The van der Waals surface area contributed by atoms with Crippen LogP contribution in [0, 0.1) is 0 Å². The fraction of sp³-hybridized carbons (Fsp3) is 0.333. The molecule has 0 saturated heterocycles. The maximum absolute atomic E-state index is 11.7. The number of Topliss-reactive ketones (excluding diaryl/α,β-unsaturated/α-hetero) is 1. The highest BCUT2D eigenvalue weighted by molar-refractivity contribution is 7.90. The van der Waals surface area contributed by atoms with Gasteiger partial charge in [-0.2, -0.15) is 8.42 Å². The van der Waals surface area contributed by atoms with Crippen molar-refractivity contribution in [3.63, 3.8) is 0 Å². The van der Waals surface area contributed by atoms with Gasteiger partial charge in [-0.05, 0) is 18.6 Å². The van der Waals surface area contributed by atoms with Gasteiger partial charge >= 0.3 is 0 Å². The second-order valence-electron chi connectivity index (χ2n) is 4.08. The number of carbonyl (C=O) groups excluding carboxylic acids is 1. The monoisotopic (exact) mass is 266 g/mol. The highest BCUT2D eigenvalue weighted by Gasteiger charge is 2.25. The SMILES string of the molecule is CCCC(=O)CN1C=NS(=O)(=O)c2ccccc21. The number of para-hydroxylation sites is 1. The molecule has 1 aromatic rings. The van der Waals surface area contributed by atoms with Crippen molar-refractivity contribution in [2.45, 2.75) is 24.7 Å². The first-order valence-corrected chi connectivity index (χ1v) is 7.16. The topological polar surface area (TPSA) is 66.8 Å². The van der Waals surface area contributed by atoms with Crippen molar-refractivity contribution >= 4 is 27.8 Å². The van der Waals surface area contributed by atoms with Crippen LogP contribution in [0.4, 0.5) is 5.69 Å². The van der Waals surface area contributed by atoms with Crippen LogP contribution in [0.3, 0.4) is 0 Å². The average Bonchev–Trinajstić information content (AvgIpc) is 2.34. The van der Waals surface area contributed by atoms with Crippen LogP contribution in [-0.2, 0) is 14.8 Å². The number of nitrogens with zero attached hydrogens (tertiary/aromatic N) is 2. The van der Waals surface area contributed by atoms with Gasteiger partial charge < -0.3 is 4.90 Å². The molecule has 96 valence electrons. The summed E-state index contributed by atoms with van der Waals surface area (Å²) in [6.45, 7) is 2.09. The molecule has 5 nitrogen and oxygen atoms in total. The zero-order valence-corrected chi connectivity index (χ0v) is 10.9. The second kappa shape index (κ2) is 4.89. The Morgan fingerprint density at radius 3 is 2.78 bits per heavy atom. The van der Waals surface area contributed by atoms with Crippen molar-refractivity contribution in [1.82, 2.24) is 0 Å². The zero-order valence-electron chi connectivity index (χ0n) is 10.0. The van der Waals surface area contributed by atoms with Crippen LogP contribution < -0.4 is 4.90 Å². The lowest BCUT2D eigenvalue weighted by atomic mass is 10.2. The minimum absolute atomic E-state index is 0.0676. The Hall–Kier alpha value is -1.69. The van der Waals surface area contributed by atoms with Gasteiger partial charge in [-0.3, -0.25) is 4.79 Å².